The molecule has 1 N–H and O–H groups in total. The van der Waals surface area contributed by atoms with Gasteiger partial charge >= 0.3 is 0 Å². The molecule has 0 heterocycles. The van der Waals surface area contributed by atoms with Gasteiger partial charge in [0.15, 0.2) is 0 Å². The summed E-state index contributed by atoms with van der Waals surface area (Å²) >= 11 is 0. The zero-order valence-corrected chi connectivity index (χ0v) is 10.1. The highest BCUT2D eigenvalue weighted by atomic mass is 19.1. The Kier molecular flexibility index (Phi) is 4.80. The molecule has 1 aliphatic rings. The summed E-state index contributed by atoms with van der Waals surface area (Å²) in [6.07, 6.45) is 5.38. The summed E-state index contributed by atoms with van der Waals surface area (Å²) in [5.74, 6) is 0.578. The molecule has 1 aliphatic carbocycles. The molecule has 2 rings (SSSR count). The highest BCUT2D eigenvalue weighted by Gasteiger charge is 2.14. The van der Waals surface area contributed by atoms with Gasteiger partial charge in [0.2, 0.25) is 0 Å². The van der Waals surface area contributed by atoms with Crippen molar-refractivity contribution in [3.05, 3.63) is 30.1 Å². The van der Waals surface area contributed by atoms with E-state index in [1.165, 1.54) is 37.8 Å². The van der Waals surface area contributed by atoms with Gasteiger partial charge in [-0.15, -0.1) is 0 Å². The normalized spacial score (nSPS) is 16.3. The Morgan fingerprint density at radius 1 is 1.18 bits per heavy atom. The van der Waals surface area contributed by atoms with Gasteiger partial charge in [-0.3, -0.25) is 0 Å². The lowest BCUT2D eigenvalue weighted by Gasteiger charge is -2.10. The Labute approximate surface area is 102 Å². The average Bonchev–Trinajstić information content (AvgIpc) is 2.84. The summed E-state index contributed by atoms with van der Waals surface area (Å²) < 4.78 is 18.3. The summed E-state index contributed by atoms with van der Waals surface area (Å²) in [6, 6.07) is 6.40. The molecule has 0 bridgehead atoms. The van der Waals surface area contributed by atoms with Gasteiger partial charge in [-0.2, -0.15) is 0 Å². The van der Waals surface area contributed by atoms with E-state index in [9.17, 15) is 4.39 Å². The predicted molar refractivity (Wildman–Crippen MR) is 67.7 cm³/mol. The molecule has 2 nitrogen and oxygen atoms in total. The van der Waals surface area contributed by atoms with Crippen LogP contribution < -0.4 is 5.32 Å². The van der Waals surface area contributed by atoms with Gasteiger partial charge in [-0.05, 0) is 43.0 Å². The number of benzene rings is 1. The van der Waals surface area contributed by atoms with E-state index < -0.39 is 0 Å². The zero-order valence-electron chi connectivity index (χ0n) is 10.1. The molecule has 1 aromatic rings. The van der Waals surface area contributed by atoms with Crippen molar-refractivity contribution >= 4 is 5.69 Å². The molecule has 1 aromatic carbocycles. The summed E-state index contributed by atoms with van der Waals surface area (Å²) in [5, 5.41) is 3.21. The number of ether oxygens (including phenoxy) is 1. The van der Waals surface area contributed by atoms with Crippen molar-refractivity contribution in [3.8, 4) is 0 Å². The minimum atomic E-state index is -0.201. The molecule has 1 fully saturated rings. The van der Waals surface area contributed by atoms with Crippen LogP contribution in [-0.2, 0) is 4.74 Å². The number of hydrogen-bond acceptors (Lipinski definition) is 2. The van der Waals surface area contributed by atoms with Crippen molar-refractivity contribution in [3.63, 3.8) is 0 Å². The molecule has 0 amide bonds. The summed E-state index contributed by atoms with van der Waals surface area (Å²) in [6.45, 7) is 2.39. The van der Waals surface area contributed by atoms with Gasteiger partial charge in [0.05, 0.1) is 6.61 Å². The number of halogens is 1. The van der Waals surface area contributed by atoms with E-state index >= 15 is 0 Å². The van der Waals surface area contributed by atoms with E-state index in [2.05, 4.69) is 5.32 Å². The fourth-order valence-electron chi connectivity index (χ4n) is 2.26. The second-order valence-corrected chi connectivity index (χ2v) is 4.66. The van der Waals surface area contributed by atoms with E-state index in [0.717, 1.165) is 24.8 Å². The molecular weight excluding hydrogens is 217 g/mol. The molecule has 94 valence electrons. The molecular formula is C14H20FNO. The molecule has 0 unspecified atom stereocenters. The van der Waals surface area contributed by atoms with Crippen LogP contribution in [0.1, 0.15) is 25.7 Å². The van der Waals surface area contributed by atoms with Gasteiger partial charge in [-0.25, -0.2) is 4.39 Å². The molecule has 0 radical (unpaired) electrons. The van der Waals surface area contributed by atoms with Gasteiger partial charge in [0.25, 0.3) is 0 Å². The van der Waals surface area contributed by atoms with Crippen LogP contribution in [-0.4, -0.2) is 19.8 Å². The van der Waals surface area contributed by atoms with Crippen LogP contribution in [0.25, 0.3) is 0 Å². The Morgan fingerprint density at radius 2 is 1.88 bits per heavy atom. The maximum absolute atomic E-state index is 12.6. The second kappa shape index (κ2) is 6.60. The summed E-state index contributed by atoms with van der Waals surface area (Å²) in [4.78, 5) is 0. The van der Waals surface area contributed by atoms with Crippen LogP contribution in [0.5, 0.6) is 0 Å². The SMILES string of the molecule is Fc1ccc(NCCOCC2CCCC2)cc1. The van der Waals surface area contributed by atoms with Crippen LogP contribution in [0.4, 0.5) is 10.1 Å². The van der Waals surface area contributed by atoms with E-state index in [1.807, 2.05) is 0 Å². The van der Waals surface area contributed by atoms with Crippen LogP contribution in [0, 0.1) is 11.7 Å². The molecule has 0 spiro atoms. The standard InChI is InChI=1S/C14H20FNO/c15-13-5-7-14(8-6-13)16-9-10-17-11-12-3-1-2-4-12/h5-8,12,16H,1-4,9-11H2. The predicted octanol–water partition coefficient (Wildman–Crippen LogP) is 3.44. The highest BCUT2D eigenvalue weighted by Crippen LogP contribution is 2.24. The van der Waals surface area contributed by atoms with Crippen molar-refractivity contribution in [2.45, 2.75) is 25.7 Å². The first-order valence-corrected chi connectivity index (χ1v) is 6.42. The van der Waals surface area contributed by atoms with Gasteiger partial charge in [-0.1, -0.05) is 12.8 Å². The third-order valence-electron chi connectivity index (χ3n) is 3.25. The van der Waals surface area contributed by atoms with E-state index in [4.69, 9.17) is 4.74 Å². The fourth-order valence-corrected chi connectivity index (χ4v) is 2.26. The number of nitrogens with one attached hydrogen (secondary N) is 1. The molecule has 0 aliphatic heterocycles. The zero-order chi connectivity index (χ0) is 11.9. The van der Waals surface area contributed by atoms with E-state index in [0.29, 0.717) is 6.61 Å². The van der Waals surface area contributed by atoms with Crippen LogP contribution in [0.15, 0.2) is 24.3 Å². The quantitative estimate of drug-likeness (QED) is 0.765. The Morgan fingerprint density at radius 3 is 2.59 bits per heavy atom. The lowest BCUT2D eigenvalue weighted by Crippen LogP contribution is -2.13. The Hall–Kier alpha value is -1.09. The topological polar surface area (TPSA) is 21.3 Å². The average molecular weight is 237 g/mol. The molecule has 0 aromatic heterocycles. The summed E-state index contributed by atoms with van der Waals surface area (Å²) in [7, 11) is 0. The monoisotopic (exact) mass is 237 g/mol. The smallest absolute Gasteiger partial charge is 0.123 e. The first-order valence-electron chi connectivity index (χ1n) is 6.42. The third-order valence-corrected chi connectivity index (χ3v) is 3.25. The Balaban J connectivity index is 1.55. The number of hydrogen-bond donors (Lipinski definition) is 1. The second-order valence-electron chi connectivity index (χ2n) is 4.66. The van der Waals surface area contributed by atoms with Gasteiger partial charge < -0.3 is 10.1 Å². The number of anilines is 1. The van der Waals surface area contributed by atoms with Crippen LogP contribution in [0.2, 0.25) is 0 Å². The summed E-state index contributed by atoms with van der Waals surface area (Å²) in [5.41, 5.74) is 0.941. The lowest BCUT2D eigenvalue weighted by molar-refractivity contribution is 0.109. The fraction of sp³-hybridized carbons (Fsp3) is 0.571. The molecule has 0 saturated heterocycles. The molecule has 3 heteroatoms. The minimum absolute atomic E-state index is 0.201. The Bertz CT molecular complexity index is 319. The molecule has 0 atom stereocenters. The van der Waals surface area contributed by atoms with E-state index in [1.54, 1.807) is 12.1 Å². The molecule has 17 heavy (non-hydrogen) atoms. The first-order chi connectivity index (χ1) is 8.34. The maximum atomic E-state index is 12.6. The van der Waals surface area contributed by atoms with Crippen molar-refractivity contribution in [2.75, 3.05) is 25.1 Å². The third kappa shape index (κ3) is 4.35. The number of rotatable bonds is 6. The lowest BCUT2D eigenvalue weighted by atomic mass is 10.1. The minimum Gasteiger partial charge on any atom is -0.383 e. The first kappa shape index (κ1) is 12.4. The maximum Gasteiger partial charge on any atom is 0.123 e. The van der Waals surface area contributed by atoms with Gasteiger partial charge in [0, 0.05) is 18.8 Å². The van der Waals surface area contributed by atoms with Crippen molar-refractivity contribution in [1.29, 1.82) is 0 Å². The highest BCUT2D eigenvalue weighted by molar-refractivity contribution is 5.42. The van der Waals surface area contributed by atoms with Crippen molar-refractivity contribution in [2.24, 2.45) is 5.92 Å². The molecule has 1 saturated carbocycles. The van der Waals surface area contributed by atoms with Crippen LogP contribution in [0.3, 0.4) is 0 Å². The van der Waals surface area contributed by atoms with Gasteiger partial charge in [0.1, 0.15) is 5.82 Å². The van der Waals surface area contributed by atoms with Crippen molar-refractivity contribution in [1.82, 2.24) is 0 Å². The van der Waals surface area contributed by atoms with Crippen molar-refractivity contribution < 1.29 is 9.13 Å². The largest absolute Gasteiger partial charge is 0.383 e. The van der Waals surface area contributed by atoms with Crippen LogP contribution >= 0.6 is 0 Å². The van der Waals surface area contributed by atoms with E-state index in [-0.39, 0.29) is 5.82 Å².